The topological polar surface area (TPSA) is 93.5 Å². The summed E-state index contributed by atoms with van der Waals surface area (Å²) in [5.41, 5.74) is 1.61. The lowest BCUT2D eigenvalue weighted by Gasteiger charge is -2.18. The number of aryl methyl sites for hydroxylation is 1. The zero-order valence-electron chi connectivity index (χ0n) is 17.1. The van der Waals surface area contributed by atoms with Crippen LogP contribution in [0.5, 0.6) is 6.01 Å². The average Bonchev–Trinajstić information content (AvgIpc) is 3.28. The zero-order chi connectivity index (χ0) is 23.2. The van der Waals surface area contributed by atoms with Crippen LogP contribution in [0.2, 0.25) is 0 Å². The Hall–Kier alpha value is -3.51. The zero-order valence-corrected chi connectivity index (χ0v) is 17.1. The summed E-state index contributed by atoms with van der Waals surface area (Å²) in [6, 6.07) is 1.18. The van der Waals surface area contributed by atoms with Gasteiger partial charge in [-0.15, -0.1) is 0 Å². The van der Waals surface area contributed by atoms with E-state index in [-0.39, 0.29) is 28.5 Å². The van der Waals surface area contributed by atoms with Gasteiger partial charge in [-0.1, -0.05) is 0 Å². The van der Waals surface area contributed by atoms with Crippen LogP contribution in [0.15, 0.2) is 18.3 Å². The molecule has 0 spiro atoms. The van der Waals surface area contributed by atoms with Crippen molar-refractivity contribution in [3.05, 3.63) is 24.2 Å². The number of pyridine rings is 1. The molecule has 0 aliphatic heterocycles. The fourth-order valence-corrected chi connectivity index (χ4v) is 3.32. The Morgan fingerprint density at radius 1 is 1.16 bits per heavy atom. The maximum Gasteiger partial charge on any atom is 0.408 e. The van der Waals surface area contributed by atoms with E-state index in [2.05, 4.69) is 30.2 Å². The van der Waals surface area contributed by atoms with Gasteiger partial charge in [-0.3, -0.25) is 0 Å². The average molecular weight is 455 g/mol. The van der Waals surface area contributed by atoms with E-state index in [1.165, 1.54) is 17.9 Å². The smallest absolute Gasteiger partial charge is 0.408 e. The number of nitrogens with one attached hydrogen (secondary N) is 2. The van der Waals surface area contributed by atoms with Crippen LogP contribution >= 0.6 is 0 Å². The summed E-state index contributed by atoms with van der Waals surface area (Å²) >= 11 is 0. The van der Waals surface area contributed by atoms with E-state index in [9.17, 15) is 22.0 Å². The van der Waals surface area contributed by atoms with Crippen molar-refractivity contribution < 1.29 is 26.7 Å². The maximum atomic E-state index is 13.2. The summed E-state index contributed by atoms with van der Waals surface area (Å²) in [5, 5.41) is 2.61. The Balaban J connectivity index is 1.88. The first-order chi connectivity index (χ1) is 15.1. The molecular weight excluding hydrogens is 437 g/mol. The highest BCUT2D eigenvalue weighted by Crippen LogP contribution is 2.35. The number of methoxy groups -OCH3 is 1. The fraction of sp³-hybridized carbons (Fsp3) is 0.368. The van der Waals surface area contributed by atoms with Crippen LogP contribution in [0.1, 0.15) is 12.7 Å². The van der Waals surface area contributed by atoms with Crippen molar-refractivity contribution in [1.29, 1.82) is 0 Å². The van der Waals surface area contributed by atoms with Crippen LogP contribution < -0.4 is 10.1 Å². The Morgan fingerprint density at radius 3 is 2.56 bits per heavy atom. The van der Waals surface area contributed by atoms with Gasteiger partial charge in [0, 0.05) is 11.8 Å². The van der Waals surface area contributed by atoms with Gasteiger partial charge >= 0.3 is 12.2 Å². The van der Waals surface area contributed by atoms with Gasteiger partial charge in [-0.25, -0.2) is 18.7 Å². The number of halogens is 5. The standard InChI is InChI=1S/C19H18F5N7O/c1-8(19(22,23)24)26-16-14-10(6-25-15(14)29-18(30-16)32-3)11-4-5-12-17(28-11)31(7-13(20)21)9(2)27-12/h4-6,8,13H,7H2,1-3H3,(H2,25,26,29,30)/t8-/m1/s1. The molecule has 0 bridgehead atoms. The van der Waals surface area contributed by atoms with Gasteiger partial charge in [0.05, 0.1) is 24.7 Å². The summed E-state index contributed by atoms with van der Waals surface area (Å²) in [6.07, 6.45) is -5.61. The van der Waals surface area contributed by atoms with Crippen LogP contribution in [0, 0.1) is 6.92 Å². The van der Waals surface area contributed by atoms with Crippen molar-refractivity contribution in [2.24, 2.45) is 0 Å². The molecule has 4 aromatic heterocycles. The molecule has 4 aromatic rings. The summed E-state index contributed by atoms with van der Waals surface area (Å²) in [5.74, 6) is 0.269. The number of aromatic amines is 1. The van der Waals surface area contributed by atoms with Gasteiger partial charge in [-0.2, -0.15) is 23.1 Å². The van der Waals surface area contributed by atoms with E-state index in [1.807, 2.05) is 0 Å². The highest BCUT2D eigenvalue weighted by Gasteiger charge is 2.37. The van der Waals surface area contributed by atoms with Crippen molar-refractivity contribution in [3.63, 3.8) is 0 Å². The molecular formula is C19H18F5N7O. The van der Waals surface area contributed by atoms with E-state index in [0.29, 0.717) is 22.6 Å². The molecule has 0 unspecified atom stereocenters. The lowest BCUT2D eigenvalue weighted by molar-refractivity contribution is -0.138. The molecule has 0 fully saturated rings. The molecule has 8 nitrogen and oxygen atoms in total. The van der Waals surface area contributed by atoms with E-state index in [1.54, 1.807) is 19.1 Å². The predicted molar refractivity (Wildman–Crippen MR) is 107 cm³/mol. The lowest BCUT2D eigenvalue weighted by Crippen LogP contribution is -2.33. The second-order valence-corrected chi connectivity index (χ2v) is 7.09. The number of anilines is 1. The highest BCUT2D eigenvalue weighted by atomic mass is 19.4. The molecule has 0 saturated heterocycles. The molecule has 4 heterocycles. The van der Waals surface area contributed by atoms with E-state index in [0.717, 1.165) is 6.92 Å². The lowest BCUT2D eigenvalue weighted by atomic mass is 10.1. The molecule has 1 atom stereocenters. The second-order valence-electron chi connectivity index (χ2n) is 7.09. The Labute approximate surface area is 177 Å². The molecule has 0 aliphatic rings. The number of rotatable bonds is 6. The number of imidazole rings is 1. The third kappa shape index (κ3) is 3.89. The molecule has 32 heavy (non-hydrogen) atoms. The minimum Gasteiger partial charge on any atom is -0.467 e. The number of hydrogen-bond acceptors (Lipinski definition) is 6. The monoisotopic (exact) mass is 455 g/mol. The van der Waals surface area contributed by atoms with Crippen LogP contribution in [-0.4, -0.2) is 55.2 Å². The van der Waals surface area contributed by atoms with Crippen LogP contribution in [0.25, 0.3) is 33.5 Å². The van der Waals surface area contributed by atoms with Crippen LogP contribution in [-0.2, 0) is 6.54 Å². The number of ether oxygens (including phenoxy) is 1. The Kier molecular flexibility index (Phi) is 5.34. The number of alkyl halides is 5. The number of fused-ring (bicyclic) bond motifs is 2. The molecule has 0 radical (unpaired) electrons. The van der Waals surface area contributed by atoms with Gasteiger partial charge in [0.15, 0.2) is 5.65 Å². The number of aromatic nitrogens is 6. The number of nitrogens with zero attached hydrogens (tertiary/aromatic N) is 5. The fourth-order valence-electron chi connectivity index (χ4n) is 3.32. The second kappa shape index (κ2) is 7.88. The van der Waals surface area contributed by atoms with Crippen molar-refractivity contribution in [3.8, 4) is 17.3 Å². The summed E-state index contributed by atoms with van der Waals surface area (Å²) < 4.78 is 71.8. The molecule has 0 saturated carbocycles. The molecule has 0 amide bonds. The van der Waals surface area contributed by atoms with Gasteiger partial charge in [-0.05, 0) is 26.0 Å². The van der Waals surface area contributed by atoms with Gasteiger partial charge < -0.3 is 19.6 Å². The third-order valence-electron chi connectivity index (χ3n) is 4.92. The number of H-pyrrole nitrogens is 1. The predicted octanol–water partition coefficient (Wildman–Crippen LogP) is 4.31. The third-order valence-corrected chi connectivity index (χ3v) is 4.92. The van der Waals surface area contributed by atoms with Crippen molar-refractivity contribution in [2.75, 3.05) is 12.4 Å². The van der Waals surface area contributed by atoms with Gasteiger partial charge in [0.1, 0.15) is 28.8 Å². The van der Waals surface area contributed by atoms with Crippen molar-refractivity contribution in [2.45, 2.75) is 39.0 Å². The van der Waals surface area contributed by atoms with E-state index < -0.39 is 25.2 Å². The maximum absolute atomic E-state index is 13.2. The normalized spacial score (nSPS) is 13.3. The van der Waals surface area contributed by atoms with Crippen LogP contribution in [0.4, 0.5) is 27.8 Å². The van der Waals surface area contributed by atoms with Crippen molar-refractivity contribution in [1.82, 2.24) is 29.5 Å². The van der Waals surface area contributed by atoms with Gasteiger partial charge in [0.2, 0.25) is 0 Å². The number of hydrogen-bond donors (Lipinski definition) is 2. The Bertz CT molecular complexity index is 1280. The highest BCUT2D eigenvalue weighted by molar-refractivity contribution is 6.01. The quantitative estimate of drug-likeness (QED) is 0.421. The minimum atomic E-state index is -4.52. The van der Waals surface area contributed by atoms with Crippen LogP contribution in [0.3, 0.4) is 0 Å². The first kappa shape index (κ1) is 21.7. The molecule has 170 valence electrons. The molecule has 0 aromatic carbocycles. The molecule has 13 heteroatoms. The molecule has 0 aliphatic carbocycles. The van der Waals surface area contributed by atoms with E-state index in [4.69, 9.17) is 4.74 Å². The first-order valence-corrected chi connectivity index (χ1v) is 9.47. The summed E-state index contributed by atoms with van der Waals surface area (Å²) in [4.78, 5) is 19.8. The van der Waals surface area contributed by atoms with E-state index >= 15 is 0 Å². The minimum absolute atomic E-state index is 0.105. The SMILES string of the molecule is COc1nc(N[C@H](C)C(F)(F)F)c2c(-c3ccc4nc(C)n(CC(F)F)c4n3)c[nH]c2n1. The summed E-state index contributed by atoms with van der Waals surface area (Å²) in [6.45, 7) is 1.97. The molecule has 4 rings (SSSR count). The first-order valence-electron chi connectivity index (χ1n) is 9.47. The summed E-state index contributed by atoms with van der Waals surface area (Å²) in [7, 11) is 1.30. The Morgan fingerprint density at radius 2 is 1.91 bits per heavy atom. The van der Waals surface area contributed by atoms with Crippen molar-refractivity contribution >= 4 is 28.0 Å². The largest absolute Gasteiger partial charge is 0.467 e. The molecule has 2 N–H and O–H groups in total. The van der Waals surface area contributed by atoms with Gasteiger partial charge in [0.25, 0.3) is 6.43 Å².